The molecule has 1 aliphatic rings. The van der Waals surface area contributed by atoms with E-state index in [0.717, 1.165) is 6.42 Å². The topological polar surface area (TPSA) is 76.7 Å². The summed E-state index contributed by atoms with van der Waals surface area (Å²) >= 11 is 7.63. The molecule has 0 aromatic carbocycles. The van der Waals surface area contributed by atoms with Crippen molar-refractivity contribution in [3.63, 3.8) is 0 Å². The number of rotatable bonds is 3. The second kappa shape index (κ2) is 5.73. The Labute approximate surface area is 110 Å². The van der Waals surface area contributed by atoms with Crippen molar-refractivity contribution in [2.24, 2.45) is 0 Å². The Morgan fingerprint density at radius 1 is 1.29 bits per heavy atom. The van der Waals surface area contributed by atoms with Crippen LogP contribution in [0.5, 0.6) is 0 Å². The van der Waals surface area contributed by atoms with Crippen LogP contribution in [0.4, 0.5) is 11.9 Å². The number of nitrogens with one attached hydrogen (secondary N) is 1. The first kappa shape index (κ1) is 12.7. The second-order valence-electron chi connectivity index (χ2n) is 4.10. The predicted molar refractivity (Wildman–Crippen MR) is 72.4 cm³/mol. The molecule has 0 radical (unpaired) electrons. The molecule has 1 aromatic heterocycles. The average molecular weight is 274 g/mol. The van der Waals surface area contributed by atoms with Gasteiger partial charge in [-0.1, -0.05) is 12.8 Å². The maximum atomic E-state index is 5.75. The largest absolute Gasteiger partial charge is 0.368 e. The van der Waals surface area contributed by atoms with E-state index < -0.39 is 0 Å². The fourth-order valence-electron chi connectivity index (χ4n) is 2.14. The van der Waals surface area contributed by atoms with Crippen molar-refractivity contribution in [3.8, 4) is 0 Å². The van der Waals surface area contributed by atoms with Gasteiger partial charge >= 0.3 is 0 Å². The van der Waals surface area contributed by atoms with Gasteiger partial charge < -0.3 is 11.1 Å². The zero-order valence-corrected chi connectivity index (χ0v) is 11.3. The van der Waals surface area contributed by atoms with Gasteiger partial charge in [0, 0.05) is 11.3 Å². The predicted octanol–water partition coefficient (Wildman–Crippen LogP) is 2.19. The lowest BCUT2D eigenvalue weighted by Gasteiger charge is -2.30. The molecule has 1 saturated carbocycles. The molecule has 0 spiro atoms. The highest BCUT2D eigenvalue weighted by molar-refractivity contribution is 7.99. The number of aromatic nitrogens is 3. The van der Waals surface area contributed by atoms with Gasteiger partial charge in [-0.3, -0.25) is 0 Å². The molecule has 0 bridgehead atoms. The number of hydrogen-bond acceptors (Lipinski definition) is 6. The van der Waals surface area contributed by atoms with Crippen LogP contribution in [0.1, 0.15) is 25.7 Å². The molecule has 0 amide bonds. The lowest BCUT2D eigenvalue weighted by molar-refractivity contribution is 0.473. The fraction of sp³-hybridized carbons (Fsp3) is 0.700. The minimum atomic E-state index is 0.136. The van der Waals surface area contributed by atoms with Gasteiger partial charge in [-0.05, 0) is 30.7 Å². The summed E-state index contributed by atoms with van der Waals surface area (Å²) in [6, 6.07) is 0.386. The highest BCUT2D eigenvalue weighted by atomic mass is 35.5. The molecule has 1 aromatic rings. The van der Waals surface area contributed by atoms with Crippen molar-refractivity contribution >= 4 is 35.3 Å². The summed E-state index contributed by atoms with van der Waals surface area (Å²) in [5, 5.41) is 4.05. The Kier molecular flexibility index (Phi) is 4.28. The summed E-state index contributed by atoms with van der Waals surface area (Å²) in [4.78, 5) is 11.8. The monoisotopic (exact) mass is 273 g/mol. The molecule has 17 heavy (non-hydrogen) atoms. The minimum absolute atomic E-state index is 0.136. The third kappa shape index (κ3) is 3.35. The zero-order valence-electron chi connectivity index (χ0n) is 9.69. The van der Waals surface area contributed by atoms with E-state index in [1.807, 2.05) is 11.8 Å². The molecule has 2 rings (SSSR count). The average Bonchev–Trinajstić information content (AvgIpc) is 2.28. The molecular formula is C10H16ClN5S. The first-order chi connectivity index (χ1) is 8.19. The molecule has 1 heterocycles. The van der Waals surface area contributed by atoms with Crippen LogP contribution >= 0.6 is 23.4 Å². The molecule has 3 N–H and O–H groups in total. The number of thioether (sulfide) groups is 1. The van der Waals surface area contributed by atoms with Crippen LogP contribution < -0.4 is 11.1 Å². The normalized spacial score (nSPS) is 24.6. The van der Waals surface area contributed by atoms with Gasteiger partial charge in [0.2, 0.25) is 17.2 Å². The molecule has 7 heteroatoms. The van der Waals surface area contributed by atoms with E-state index in [4.69, 9.17) is 17.3 Å². The quantitative estimate of drug-likeness (QED) is 0.879. The number of hydrogen-bond donors (Lipinski definition) is 2. The SMILES string of the molecule is CSC1CCCCC1Nc1nc(N)nc(Cl)n1. The van der Waals surface area contributed by atoms with Crippen LogP contribution in [0.3, 0.4) is 0 Å². The molecule has 0 aliphatic heterocycles. The van der Waals surface area contributed by atoms with E-state index in [1.54, 1.807) is 0 Å². The van der Waals surface area contributed by atoms with Crippen molar-refractivity contribution in [1.29, 1.82) is 0 Å². The van der Waals surface area contributed by atoms with Gasteiger partial charge in [0.15, 0.2) is 0 Å². The van der Waals surface area contributed by atoms with Gasteiger partial charge in [0.05, 0.1) is 0 Å². The summed E-state index contributed by atoms with van der Waals surface area (Å²) in [6.07, 6.45) is 7.04. The van der Waals surface area contributed by atoms with Crippen molar-refractivity contribution in [2.75, 3.05) is 17.3 Å². The van der Waals surface area contributed by atoms with Crippen molar-refractivity contribution in [1.82, 2.24) is 15.0 Å². The molecule has 5 nitrogen and oxygen atoms in total. The van der Waals surface area contributed by atoms with E-state index in [-0.39, 0.29) is 11.2 Å². The van der Waals surface area contributed by atoms with E-state index in [2.05, 4.69) is 26.5 Å². The van der Waals surface area contributed by atoms with Gasteiger partial charge in [-0.2, -0.15) is 26.7 Å². The summed E-state index contributed by atoms with van der Waals surface area (Å²) < 4.78 is 0. The Balaban J connectivity index is 2.08. The third-order valence-corrected chi connectivity index (χ3v) is 4.28. The lowest BCUT2D eigenvalue weighted by Crippen LogP contribution is -2.35. The highest BCUT2D eigenvalue weighted by Gasteiger charge is 2.24. The summed E-state index contributed by atoms with van der Waals surface area (Å²) in [5.41, 5.74) is 5.54. The number of anilines is 2. The number of nitrogens with two attached hydrogens (primary N) is 1. The number of nitrogens with zero attached hydrogens (tertiary/aromatic N) is 3. The van der Waals surface area contributed by atoms with Crippen molar-refractivity contribution in [2.45, 2.75) is 37.0 Å². The maximum Gasteiger partial charge on any atom is 0.229 e. The summed E-state index contributed by atoms with van der Waals surface area (Å²) in [5.74, 6) is 0.637. The smallest absolute Gasteiger partial charge is 0.229 e. The number of halogens is 1. The molecule has 2 atom stereocenters. The third-order valence-electron chi connectivity index (χ3n) is 2.95. The Morgan fingerprint density at radius 2 is 2.06 bits per heavy atom. The second-order valence-corrected chi connectivity index (χ2v) is 5.51. The van der Waals surface area contributed by atoms with Crippen LogP contribution in [-0.2, 0) is 0 Å². The van der Waals surface area contributed by atoms with Gasteiger partial charge in [-0.15, -0.1) is 0 Å². The van der Waals surface area contributed by atoms with E-state index in [0.29, 0.717) is 17.2 Å². The molecule has 1 fully saturated rings. The van der Waals surface area contributed by atoms with E-state index in [9.17, 15) is 0 Å². The van der Waals surface area contributed by atoms with Crippen LogP contribution in [-0.4, -0.2) is 32.5 Å². The van der Waals surface area contributed by atoms with E-state index >= 15 is 0 Å². The molecular weight excluding hydrogens is 258 g/mol. The molecule has 2 unspecified atom stereocenters. The Bertz CT molecular complexity index is 369. The van der Waals surface area contributed by atoms with Crippen LogP contribution in [0.2, 0.25) is 5.28 Å². The number of nitrogen functional groups attached to an aromatic ring is 1. The van der Waals surface area contributed by atoms with Crippen molar-refractivity contribution in [3.05, 3.63) is 5.28 Å². The van der Waals surface area contributed by atoms with Gasteiger partial charge in [0.25, 0.3) is 0 Å². The summed E-state index contributed by atoms with van der Waals surface area (Å²) in [7, 11) is 0. The van der Waals surface area contributed by atoms with Crippen LogP contribution in [0.15, 0.2) is 0 Å². The fourth-order valence-corrected chi connectivity index (χ4v) is 3.24. The van der Waals surface area contributed by atoms with Gasteiger partial charge in [0.1, 0.15) is 0 Å². The first-order valence-corrected chi connectivity index (χ1v) is 7.32. The van der Waals surface area contributed by atoms with Crippen LogP contribution in [0, 0.1) is 0 Å². The Hall–Kier alpha value is -0.750. The standard InChI is InChI=1S/C10H16ClN5S/c1-17-7-5-3-2-4-6(7)13-10-15-8(11)14-9(12)16-10/h6-7H,2-5H2,1H3,(H3,12,13,14,15,16). The molecule has 1 aliphatic carbocycles. The van der Waals surface area contributed by atoms with Crippen LogP contribution in [0.25, 0.3) is 0 Å². The lowest BCUT2D eigenvalue weighted by atomic mass is 9.95. The Morgan fingerprint density at radius 3 is 2.76 bits per heavy atom. The van der Waals surface area contributed by atoms with E-state index in [1.165, 1.54) is 19.3 Å². The minimum Gasteiger partial charge on any atom is -0.368 e. The van der Waals surface area contributed by atoms with Crippen molar-refractivity contribution < 1.29 is 0 Å². The molecule has 94 valence electrons. The summed E-state index contributed by atoms with van der Waals surface area (Å²) in [6.45, 7) is 0. The first-order valence-electron chi connectivity index (χ1n) is 5.65. The zero-order chi connectivity index (χ0) is 12.3. The maximum absolute atomic E-state index is 5.75. The van der Waals surface area contributed by atoms with Gasteiger partial charge in [-0.25, -0.2) is 0 Å². The molecule has 0 saturated heterocycles. The highest BCUT2D eigenvalue weighted by Crippen LogP contribution is 2.29.